The molecule has 0 spiro atoms. The van der Waals surface area contributed by atoms with E-state index in [2.05, 4.69) is 17.3 Å². The number of carbonyl (C=O) groups excluding carboxylic acids is 2. The van der Waals surface area contributed by atoms with Crippen LogP contribution in [-0.2, 0) is 9.59 Å². The van der Waals surface area contributed by atoms with Crippen LogP contribution in [0.1, 0.15) is 47.5 Å². The normalized spacial score (nSPS) is 18.4. The van der Waals surface area contributed by atoms with Crippen molar-refractivity contribution in [3.8, 4) is 0 Å². The van der Waals surface area contributed by atoms with Crippen molar-refractivity contribution in [2.45, 2.75) is 53.5 Å². The van der Waals surface area contributed by atoms with E-state index in [1.54, 1.807) is 0 Å². The Balaban J connectivity index is 2.69. The van der Waals surface area contributed by atoms with Crippen LogP contribution in [0.4, 0.5) is 0 Å². The fraction of sp³-hybridized carbons (Fsp3) is 0.889. The second kappa shape index (κ2) is 8.30. The van der Waals surface area contributed by atoms with Crippen LogP contribution in [-0.4, -0.2) is 72.6 Å². The molecular weight excluding hydrogens is 306 g/mol. The number of aliphatic hydroxyl groups excluding tert-OH is 1. The summed E-state index contributed by atoms with van der Waals surface area (Å²) >= 11 is 0. The summed E-state index contributed by atoms with van der Waals surface area (Å²) in [5, 5.41) is 11.9. The highest BCUT2D eigenvalue weighted by molar-refractivity contribution is 5.86. The number of hydrogen-bond donors (Lipinski definition) is 2. The van der Waals surface area contributed by atoms with Crippen molar-refractivity contribution in [3.05, 3.63) is 0 Å². The van der Waals surface area contributed by atoms with E-state index < -0.39 is 10.8 Å². The minimum Gasteiger partial charge on any atom is -0.396 e. The zero-order valence-electron chi connectivity index (χ0n) is 16.2. The van der Waals surface area contributed by atoms with E-state index >= 15 is 0 Å². The zero-order valence-corrected chi connectivity index (χ0v) is 16.2. The van der Waals surface area contributed by atoms with E-state index in [0.29, 0.717) is 12.8 Å². The third-order valence-corrected chi connectivity index (χ3v) is 4.81. The molecule has 6 heteroatoms. The highest BCUT2D eigenvalue weighted by Gasteiger charge is 2.41. The van der Waals surface area contributed by atoms with Crippen LogP contribution in [0.2, 0.25) is 0 Å². The van der Waals surface area contributed by atoms with Crippen LogP contribution in [0, 0.1) is 10.8 Å². The number of carbonyl (C=O) groups is 2. The Hall–Kier alpha value is -1.14. The van der Waals surface area contributed by atoms with Crippen LogP contribution >= 0.6 is 0 Å². The molecule has 2 amide bonds. The van der Waals surface area contributed by atoms with Crippen molar-refractivity contribution in [2.24, 2.45) is 10.8 Å². The van der Waals surface area contributed by atoms with Gasteiger partial charge in [-0.3, -0.25) is 9.59 Å². The van der Waals surface area contributed by atoms with Crippen molar-refractivity contribution in [1.29, 1.82) is 0 Å². The Morgan fingerprint density at radius 3 is 2.12 bits per heavy atom. The predicted octanol–water partition coefficient (Wildman–Crippen LogP) is 1.09. The van der Waals surface area contributed by atoms with E-state index in [1.165, 1.54) is 0 Å². The maximum Gasteiger partial charge on any atom is 0.228 e. The molecule has 0 aromatic heterocycles. The van der Waals surface area contributed by atoms with E-state index in [-0.39, 0.29) is 24.5 Å². The number of amides is 2. The summed E-state index contributed by atoms with van der Waals surface area (Å²) in [6.07, 6.45) is 1.02. The Bertz CT molecular complexity index is 441. The van der Waals surface area contributed by atoms with Gasteiger partial charge in [0, 0.05) is 49.7 Å². The van der Waals surface area contributed by atoms with Gasteiger partial charge in [0.05, 0.1) is 0 Å². The molecule has 1 saturated heterocycles. The molecule has 1 unspecified atom stereocenters. The number of nitrogens with one attached hydrogen (secondary N) is 1. The molecule has 0 aromatic carbocycles. The van der Waals surface area contributed by atoms with Crippen molar-refractivity contribution in [3.63, 3.8) is 0 Å². The van der Waals surface area contributed by atoms with Gasteiger partial charge in [-0.25, -0.2) is 0 Å². The molecule has 1 aliphatic rings. The first kappa shape index (κ1) is 20.9. The van der Waals surface area contributed by atoms with Gasteiger partial charge in [-0.05, 0) is 26.8 Å². The molecule has 1 atom stereocenters. The van der Waals surface area contributed by atoms with Crippen molar-refractivity contribution in [2.75, 3.05) is 39.8 Å². The van der Waals surface area contributed by atoms with Gasteiger partial charge in [0.2, 0.25) is 11.8 Å². The van der Waals surface area contributed by atoms with Crippen molar-refractivity contribution in [1.82, 2.24) is 15.1 Å². The molecule has 140 valence electrons. The standard InChI is InChI=1S/C18H35N3O3/c1-14(7-12-22)19-15(23)17(2,3)13-18(4,5)16(24)21-10-8-20(6)9-11-21/h14,22H,7-13H2,1-6H3,(H,19,23). The molecule has 1 heterocycles. The summed E-state index contributed by atoms with van der Waals surface area (Å²) < 4.78 is 0. The Labute approximate surface area is 146 Å². The molecular formula is C18H35N3O3. The molecule has 1 aliphatic heterocycles. The summed E-state index contributed by atoms with van der Waals surface area (Å²) in [7, 11) is 2.06. The quantitative estimate of drug-likeness (QED) is 0.727. The lowest BCUT2D eigenvalue weighted by Crippen LogP contribution is -2.52. The van der Waals surface area contributed by atoms with E-state index in [0.717, 1.165) is 26.2 Å². The molecule has 1 fully saturated rings. The van der Waals surface area contributed by atoms with Crippen LogP contribution < -0.4 is 5.32 Å². The lowest BCUT2D eigenvalue weighted by atomic mass is 9.73. The highest BCUT2D eigenvalue weighted by Crippen LogP contribution is 2.35. The van der Waals surface area contributed by atoms with Gasteiger partial charge < -0.3 is 20.2 Å². The summed E-state index contributed by atoms with van der Waals surface area (Å²) in [5.41, 5.74) is -1.23. The Morgan fingerprint density at radius 2 is 1.62 bits per heavy atom. The third kappa shape index (κ3) is 5.74. The molecule has 0 bridgehead atoms. The van der Waals surface area contributed by atoms with Gasteiger partial charge in [0.1, 0.15) is 0 Å². The topological polar surface area (TPSA) is 72.9 Å². The number of nitrogens with zero attached hydrogens (tertiary/aromatic N) is 2. The summed E-state index contributed by atoms with van der Waals surface area (Å²) in [4.78, 5) is 29.6. The zero-order chi connectivity index (χ0) is 18.5. The molecule has 0 saturated carbocycles. The summed E-state index contributed by atoms with van der Waals surface area (Å²) in [6.45, 7) is 12.8. The van der Waals surface area contributed by atoms with E-state index in [9.17, 15) is 9.59 Å². The first-order valence-electron chi connectivity index (χ1n) is 8.89. The summed E-state index contributed by atoms with van der Waals surface area (Å²) in [6, 6.07) is -0.0711. The maximum absolute atomic E-state index is 12.9. The smallest absolute Gasteiger partial charge is 0.228 e. The fourth-order valence-electron chi connectivity index (χ4n) is 3.38. The van der Waals surface area contributed by atoms with Gasteiger partial charge in [-0.15, -0.1) is 0 Å². The minimum atomic E-state index is -0.643. The van der Waals surface area contributed by atoms with E-state index in [1.807, 2.05) is 39.5 Å². The number of aliphatic hydroxyl groups is 1. The monoisotopic (exact) mass is 341 g/mol. The van der Waals surface area contributed by atoms with Gasteiger partial charge >= 0.3 is 0 Å². The average Bonchev–Trinajstić information content (AvgIpc) is 2.46. The van der Waals surface area contributed by atoms with Crippen LogP contribution in [0.15, 0.2) is 0 Å². The Morgan fingerprint density at radius 1 is 1.08 bits per heavy atom. The second-order valence-electron chi connectivity index (χ2n) is 8.43. The minimum absolute atomic E-state index is 0.0509. The molecule has 24 heavy (non-hydrogen) atoms. The van der Waals surface area contributed by atoms with Crippen molar-refractivity contribution < 1.29 is 14.7 Å². The molecule has 0 radical (unpaired) electrons. The van der Waals surface area contributed by atoms with Crippen molar-refractivity contribution >= 4 is 11.8 Å². The van der Waals surface area contributed by atoms with E-state index in [4.69, 9.17) is 5.11 Å². The SMILES string of the molecule is CC(CCO)NC(=O)C(C)(C)CC(C)(C)C(=O)N1CCN(C)CC1. The fourth-order valence-corrected chi connectivity index (χ4v) is 3.38. The highest BCUT2D eigenvalue weighted by atomic mass is 16.3. The van der Waals surface area contributed by atoms with Crippen LogP contribution in [0.25, 0.3) is 0 Å². The molecule has 6 nitrogen and oxygen atoms in total. The number of hydrogen-bond acceptors (Lipinski definition) is 4. The average molecular weight is 341 g/mol. The van der Waals surface area contributed by atoms with Gasteiger partial charge in [0.15, 0.2) is 0 Å². The lowest BCUT2D eigenvalue weighted by Gasteiger charge is -2.40. The number of piperazine rings is 1. The first-order chi connectivity index (χ1) is 11.0. The number of rotatable bonds is 7. The largest absolute Gasteiger partial charge is 0.396 e. The summed E-state index contributed by atoms with van der Waals surface area (Å²) in [5.74, 6) is 0.0579. The number of likely N-dealkylation sites (N-methyl/N-ethyl adjacent to an activating group) is 1. The third-order valence-electron chi connectivity index (χ3n) is 4.81. The predicted molar refractivity (Wildman–Crippen MR) is 95.6 cm³/mol. The van der Waals surface area contributed by atoms with Gasteiger partial charge in [0.25, 0.3) is 0 Å². The molecule has 1 rings (SSSR count). The lowest BCUT2D eigenvalue weighted by molar-refractivity contribution is -0.145. The maximum atomic E-state index is 12.9. The molecule has 0 aromatic rings. The molecule has 2 N–H and O–H groups in total. The van der Waals surface area contributed by atoms with Gasteiger partial charge in [-0.1, -0.05) is 27.7 Å². The molecule has 0 aliphatic carbocycles. The van der Waals surface area contributed by atoms with Gasteiger partial charge in [-0.2, -0.15) is 0 Å². The second-order valence-corrected chi connectivity index (χ2v) is 8.43. The Kier molecular flexibility index (Phi) is 7.23. The van der Waals surface area contributed by atoms with Crippen LogP contribution in [0.3, 0.4) is 0 Å². The first-order valence-corrected chi connectivity index (χ1v) is 8.89. The van der Waals surface area contributed by atoms with Crippen LogP contribution in [0.5, 0.6) is 0 Å².